The average molecular weight is 214 g/mol. The first-order valence-corrected chi connectivity index (χ1v) is 6.21. The van der Waals surface area contributed by atoms with Gasteiger partial charge in [0.15, 0.2) is 0 Å². The number of nitrogens with zero attached hydrogens (tertiary/aromatic N) is 1. The number of rotatable bonds is 9. The van der Waals surface area contributed by atoms with Crippen molar-refractivity contribution in [1.29, 1.82) is 0 Å². The second kappa shape index (κ2) is 7.20. The zero-order chi connectivity index (χ0) is 11.1. The average Bonchev–Trinajstić information content (AvgIpc) is 3.02. The smallest absolute Gasteiger partial charge is 0.0615 e. The molecule has 0 aliphatic heterocycles. The lowest BCUT2D eigenvalue weighted by Gasteiger charge is -2.27. The molecule has 0 aromatic carbocycles. The maximum absolute atomic E-state index is 5.18. The SMILES string of the molecule is CCN(CCNCC1CC1)C(C)COC. The summed E-state index contributed by atoms with van der Waals surface area (Å²) >= 11 is 0. The lowest BCUT2D eigenvalue weighted by molar-refractivity contribution is 0.103. The molecule has 3 heteroatoms. The zero-order valence-corrected chi connectivity index (χ0v) is 10.5. The molecule has 0 bridgehead atoms. The van der Waals surface area contributed by atoms with Gasteiger partial charge < -0.3 is 10.1 Å². The molecule has 1 aliphatic carbocycles. The van der Waals surface area contributed by atoms with Crippen molar-refractivity contribution in [2.24, 2.45) is 5.92 Å². The van der Waals surface area contributed by atoms with Crippen molar-refractivity contribution in [3.8, 4) is 0 Å². The highest BCUT2D eigenvalue weighted by Gasteiger charge is 2.20. The summed E-state index contributed by atoms with van der Waals surface area (Å²) < 4.78 is 5.18. The van der Waals surface area contributed by atoms with Crippen LogP contribution in [0.25, 0.3) is 0 Å². The van der Waals surface area contributed by atoms with E-state index >= 15 is 0 Å². The van der Waals surface area contributed by atoms with Crippen molar-refractivity contribution in [2.75, 3.05) is 39.9 Å². The Labute approximate surface area is 94.2 Å². The first-order valence-electron chi connectivity index (χ1n) is 6.21. The Morgan fingerprint density at radius 3 is 2.73 bits per heavy atom. The minimum atomic E-state index is 0.530. The van der Waals surface area contributed by atoms with Crippen molar-refractivity contribution >= 4 is 0 Å². The first-order chi connectivity index (χ1) is 7.27. The van der Waals surface area contributed by atoms with Crippen LogP contribution < -0.4 is 5.32 Å². The third-order valence-corrected chi connectivity index (χ3v) is 3.14. The summed E-state index contributed by atoms with van der Waals surface area (Å²) in [4.78, 5) is 2.46. The van der Waals surface area contributed by atoms with Gasteiger partial charge in [-0.15, -0.1) is 0 Å². The highest BCUT2D eigenvalue weighted by molar-refractivity contribution is 4.75. The number of hydrogen-bond acceptors (Lipinski definition) is 3. The van der Waals surface area contributed by atoms with Gasteiger partial charge in [0.25, 0.3) is 0 Å². The van der Waals surface area contributed by atoms with Crippen molar-refractivity contribution in [1.82, 2.24) is 10.2 Å². The molecule has 3 nitrogen and oxygen atoms in total. The van der Waals surface area contributed by atoms with Crippen LogP contribution >= 0.6 is 0 Å². The van der Waals surface area contributed by atoms with E-state index in [1.165, 1.54) is 19.4 Å². The zero-order valence-electron chi connectivity index (χ0n) is 10.5. The molecule has 0 aromatic heterocycles. The van der Waals surface area contributed by atoms with Crippen LogP contribution in [0.3, 0.4) is 0 Å². The van der Waals surface area contributed by atoms with Gasteiger partial charge in [-0.05, 0) is 38.8 Å². The van der Waals surface area contributed by atoms with E-state index in [0.717, 1.165) is 32.2 Å². The molecule has 90 valence electrons. The van der Waals surface area contributed by atoms with E-state index in [-0.39, 0.29) is 0 Å². The van der Waals surface area contributed by atoms with Crippen molar-refractivity contribution in [3.05, 3.63) is 0 Å². The fourth-order valence-electron chi connectivity index (χ4n) is 1.89. The van der Waals surface area contributed by atoms with Crippen molar-refractivity contribution in [3.63, 3.8) is 0 Å². The van der Waals surface area contributed by atoms with Gasteiger partial charge in [-0.25, -0.2) is 0 Å². The maximum Gasteiger partial charge on any atom is 0.0615 e. The molecular weight excluding hydrogens is 188 g/mol. The Balaban J connectivity index is 2.03. The molecule has 1 fully saturated rings. The predicted molar refractivity (Wildman–Crippen MR) is 64.2 cm³/mol. The number of methoxy groups -OCH3 is 1. The third-order valence-electron chi connectivity index (χ3n) is 3.14. The lowest BCUT2D eigenvalue weighted by atomic mass is 10.3. The second-order valence-corrected chi connectivity index (χ2v) is 4.58. The van der Waals surface area contributed by atoms with Gasteiger partial charge in [-0.2, -0.15) is 0 Å². The van der Waals surface area contributed by atoms with E-state index in [2.05, 4.69) is 24.1 Å². The summed E-state index contributed by atoms with van der Waals surface area (Å²) in [7, 11) is 1.77. The summed E-state index contributed by atoms with van der Waals surface area (Å²) in [5, 5.41) is 3.53. The minimum Gasteiger partial charge on any atom is -0.383 e. The predicted octanol–water partition coefficient (Wildman–Crippen LogP) is 1.34. The maximum atomic E-state index is 5.18. The molecule has 1 rings (SSSR count). The largest absolute Gasteiger partial charge is 0.383 e. The molecule has 1 saturated carbocycles. The Morgan fingerprint density at radius 1 is 1.47 bits per heavy atom. The fraction of sp³-hybridized carbons (Fsp3) is 1.00. The van der Waals surface area contributed by atoms with Crippen LogP contribution in [0.5, 0.6) is 0 Å². The Bertz CT molecular complexity index is 160. The van der Waals surface area contributed by atoms with E-state index in [0.29, 0.717) is 6.04 Å². The standard InChI is InChI=1S/C12H26N2O/c1-4-14(11(2)10-15-3)8-7-13-9-12-5-6-12/h11-13H,4-10H2,1-3H3. The molecule has 15 heavy (non-hydrogen) atoms. The second-order valence-electron chi connectivity index (χ2n) is 4.58. The molecule has 0 spiro atoms. The Hall–Kier alpha value is -0.120. The van der Waals surface area contributed by atoms with E-state index < -0.39 is 0 Å². The van der Waals surface area contributed by atoms with E-state index in [1.807, 2.05) is 0 Å². The molecule has 0 aromatic rings. The quantitative estimate of drug-likeness (QED) is 0.586. The van der Waals surface area contributed by atoms with Crippen molar-refractivity contribution in [2.45, 2.75) is 32.7 Å². The van der Waals surface area contributed by atoms with E-state index in [4.69, 9.17) is 4.74 Å². The molecule has 0 radical (unpaired) electrons. The third kappa shape index (κ3) is 5.50. The number of ether oxygens (including phenoxy) is 1. The normalized spacial score (nSPS) is 18.4. The number of likely N-dealkylation sites (N-methyl/N-ethyl adjacent to an activating group) is 1. The summed E-state index contributed by atoms with van der Waals surface area (Å²) in [6.45, 7) is 9.84. The Morgan fingerprint density at radius 2 is 2.20 bits per heavy atom. The Kier molecular flexibility index (Phi) is 6.22. The van der Waals surface area contributed by atoms with Crippen molar-refractivity contribution < 1.29 is 4.74 Å². The van der Waals surface area contributed by atoms with Crippen LogP contribution in [0.4, 0.5) is 0 Å². The molecule has 1 unspecified atom stereocenters. The van der Waals surface area contributed by atoms with Crippen LogP contribution in [0.2, 0.25) is 0 Å². The first kappa shape index (κ1) is 12.9. The van der Waals surface area contributed by atoms with E-state index in [9.17, 15) is 0 Å². The van der Waals surface area contributed by atoms with Crippen LogP contribution in [-0.4, -0.2) is 50.8 Å². The highest BCUT2D eigenvalue weighted by Crippen LogP contribution is 2.27. The van der Waals surface area contributed by atoms with Gasteiger partial charge >= 0.3 is 0 Å². The number of hydrogen-bond donors (Lipinski definition) is 1. The van der Waals surface area contributed by atoms with Crippen LogP contribution in [0.15, 0.2) is 0 Å². The molecule has 1 aliphatic rings. The molecule has 0 amide bonds. The van der Waals surface area contributed by atoms with Crippen LogP contribution in [0, 0.1) is 5.92 Å². The minimum absolute atomic E-state index is 0.530. The number of nitrogens with one attached hydrogen (secondary N) is 1. The monoisotopic (exact) mass is 214 g/mol. The van der Waals surface area contributed by atoms with Gasteiger partial charge in [0.1, 0.15) is 0 Å². The topological polar surface area (TPSA) is 24.5 Å². The van der Waals surface area contributed by atoms with Gasteiger partial charge in [0.05, 0.1) is 6.61 Å². The highest BCUT2D eigenvalue weighted by atomic mass is 16.5. The summed E-state index contributed by atoms with van der Waals surface area (Å²) in [5.74, 6) is 0.983. The molecular formula is C12H26N2O. The molecule has 0 saturated heterocycles. The van der Waals surface area contributed by atoms with Crippen LogP contribution in [-0.2, 0) is 4.74 Å². The summed E-state index contributed by atoms with van der Waals surface area (Å²) in [6, 6.07) is 0.530. The molecule has 0 heterocycles. The molecule has 1 atom stereocenters. The van der Waals surface area contributed by atoms with Crippen LogP contribution in [0.1, 0.15) is 26.7 Å². The molecule has 1 N–H and O–H groups in total. The van der Waals surface area contributed by atoms with Gasteiger partial charge in [0.2, 0.25) is 0 Å². The van der Waals surface area contributed by atoms with Gasteiger partial charge in [-0.3, -0.25) is 4.90 Å². The van der Waals surface area contributed by atoms with Gasteiger partial charge in [0, 0.05) is 26.2 Å². The summed E-state index contributed by atoms with van der Waals surface area (Å²) in [5.41, 5.74) is 0. The van der Waals surface area contributed by atoms with E-state index in [1.54, 1.807) is 7.11 Å². The fourth-order valence-corrected chi connectivity index (χ4v) is 1.89. The summed E-state index contributed by atoms with van der Waals surface area (Å²) in [6.07, 6.45) is 2.87. The lowest BCUT2D eigenvalue weighted by Crippen LogP contribution is -2.40. The van der Waals surface area contributed by atoms with Gasteiger partial charge in [-0.1, -0.05) is 6.92 Å².